The molecular formula is C26H22F4N6O4. The van der Waals surface area contributed by atoms with E-state index in [0.717, 1.165) is 18.2 Å². The Hall–Kier alpha value is -4.59. The SMILES string of the molecule is Cn1nnc2cc(C(=O)NCC(O)(c3cc4c(c(-c5ccc(F)cc5)n3)OC[C@]4(C)C(N)=O)C(F)(F)F)ccc21. The summed E-state index contributed by atoms with van der Waals surface area (Å²) in [7, 11) is 1.64. The van der Waals surface area contributed by atoms with Gasteiger partial charge < -0.3 is 20.9 Å². The van der Waals surface area contributed by atoms with E-state index in [2.05, 4.69) is 20.6 Å². The number of halogens is 4. The molecule has 0 saturated heterocycles. The summed E-state index contributed by atoms with van der Waals surface area (Å²) in [4.78, 5) is 29.2. The van der Waals surface area contributed by atoms with E-state index in [9.17, 15) is 32.3 Å². The van der Waals surface area contributed by atoms with Gasteiger partial charge in [0.1, 0.15) is 34.8 Å². The highest BCUT2D eigenvalue weighted by molar-refractivity contribution is 5.97. The van der Waals surface area contributed by atoms with Crippen molar-refractivity contribution in [2.24, 2.45) is 12.8 Å². The van der Waals surface area contributed by atoms with E-state index in [1.807, 2.05) is 0 Å². The highest BCUT2D eigenvalue weighted by atomic mass is 19.4. The van der Waals surface area contributed by atoms with Gasteiger partial charge in [-0.05, 0) is 55.5 Å². The summed E-state index contributed by atoms with van der Waals surface area (Å²) in [5.74, 6) is -2.42. The van der Waals surface area contributed by atoms with Gasteiger partial charge in [-0.15, -0.1) is 5.10 Å². The Kier molecular flexibility index (Phi) is 6.25. The molecule has 3 heterocycles. The number of hydrogen-bond acceptors (Lipinski definition) is 7. The third-order valence-corrected chi connectivity index (χ3v) is 7.00. The van der Waals surface area contributed by atoms with Crippen molar-refractivity contribution in [1.82, 2.24) is 25.3 Å². The van der Waals surface area contributed by atoms with Crippen LogP contribution in [0.15, 0.2) is 48.5 Å². The van der Waals surface area contributed by atoms with Crippen LogP contribution in [0.1, 0.15) is 28.5 Å². The van der Waals surface area contributed by atoms with Crippen molar-refractivity contribution >= 4 is 22.8 Å². The average molecular weight is 558 g/mol. The largest absolute Gasteiger partial charge is 0.489 e. The van der Waals surface area contributed by atoms with Gasteiger partial charge in [-0.3, -0.25) is 9.59 Å². The number of ether oxygens (including phenoxy) is 1. The third-order valence-electron chi connectivity index (χ3n) is 7.00. The van der Waals surface area contributed by atoms with Crippen LogP contribution < -0.4 is 15.8 Å². The van der Waals surface area contributed by atoms with E-state index < -0.39 is 47.1 Å². The number of nitrogens with one attached hydrogen (secondary N) is 1. The number of amides is 2. The van der Waals surface area contributed by atoms with Gasteiger partial charge in [0, 0.05) is 23.7 Å². The standard InChI is InChI=1S/C26H22F4N6O4/c1-24(23(31)38)12-40-21-16(24)10-19(33-20(21)13-3-6-15(27)7-4-13)25(39,26(28,29)30)11-32-22(37)14-5-8-18-17(9-14)34-35-36(18)2/h3-10,39H,11-12H2,1-2H3,(H2,31,38)(H,32,37)/t24-,25?/m0/s1. The fourth-order valence-electron chi connectivity index (χ4n) is 4.43. The Bertz CT molecular complexity index is 1660. The molecule has 0 bridgehead atoms. The lowest BCUT2D eigenvalue weighted by molar-refractivity contribution is -0.265. The van der Waals surface area contributed by atoms with Gasteiger partial charge in [-0.2, -0.15) is 13.2 Å². The van der Waals surface area contributed by atoms with Crippen LogP contribution in [-0.2, 0) is 22.9 Å². The minimum atomic E-state index is -5.33. The first-order chi connectivity index (χ1) is 18.7. The van der Waals surface area contributed by atoms with E-state index in [4.69, 9.17) is 10.5 Å². The van der Waals surface area contributed by atoms with E-state index >= 15 is 0 Å². The number of nitrogens with zero attached hydrogens (tertiary/aromatic N) is 4. The van der Waals surface area contributed by atoms with Gasteiger partial charge in [-0.1, -0.05) is 5.21 Å². The molecule has 1 aliphatic heterocycles. The summed E-state index contributed by atoms with van der Waals surface area (Å²) in [6.45, 7) is -0.226. The first-order valence-electron chi connectivity index (χ1n) is 11.9. The van der Waals surface area contributed by atoms with Gasteiger partial charge in [0.25, 0.3) is 5.91 Å². The molecule has 0 fully saturated rings. The molecule has 2 atom stereocenters. The molecule has 0 radical (unpaired) electrons. The number of pyridine rings is 1. The van der Waals surface area contributed by atoms with Crippen LogP contribution in [0.2, 0.25) is 0 Å². The average Bonchev–Trinajstić information content (AvgIpc) is 3.46. The van der Waals surface area contributed by atoms with Crippen molar-refractivity contribution in [3.63, 3.8) is 0 Å². The maximum atomic E-state index is 14.5. The van der Waals surface area contributed by atoms with Crippen LogP contribution in [0.5, 0.6) is 5.75 Å². The predicted molar refractivity (Wildman–Crippen MR) is 132 cm³/mol. The number of carbonyl (C=O) groups excluding carboxylic acids is 2. The summed E-state index contributed by atoms with van der Waals surface area (Å²) < 4.78 is 64.2. The van der Waals surface area contributed by atoms with Crippen molar-refractivity contribution in [3.05, 3.63) is 71.2 Å². The lowest BCUT2D eigenvalue weighted by Crippen LogP contribution is -2.51. The second-order valence-electron chi connectivity index (χ2n) is 9.68. The number of primary amides is 1. The number of fused-ring (bicyclic) bond motifs is 2. The highest BCUT2D eigenvalue weighted by Gasteiger charge is 2.57. The molecule has 0 spiro atoms. The fourth-order valence-corrected chi connectivity index (χ4v) is 4.43. The van der Waals surface area contributed by atoms with Gasteiger partial charge in [-0.25, -0.2) is 14.1 Å². The van der Waals surface area contributed by atoms with Crippen molar-refractivity contribution in [1.29, 1.82) is 0 Å². The van der Waals surface area contributed by atoms with Gasteiger partial charge >= 0.3 is 6.18 Å². The van der Waals surface area contributed by atoms with Crippen LogP contribution in [-0.4, -0.2) is 56.2 Å². The number of nitrogens with two attached hydrogens (primary N) is 1. The minimum absolute atomic E-state index is 0.0128. The maximum Gasteiger partial charge on any atom is 0.424 e. The molecule has 1 aliphatic rings. The second kappa shape index (κ2) is 9.26. The molecule has 40 heavy (non-hydrogen) atoms. The Morgan fingerprint density at radius 1 is 1.18 bits per heavy atom. The quantitative estimate of drug-likeness (QED) is 0.308. The monoisotopic (exact) mass is 558 g/mol. The molecule has 5 rings (SSSR count). The van der Waals surface area contributed by atoms with E-state index in [-0.39, 0.29) is 34.7 Å². The number of alkyl halides is 3. The molecular weight excluding hydrogens is 536 g/mol. The highest BCUT2D eigenvalue weighted by Crippen LogP contribution is 2.47. The van der Waals surface area contributed by atoms with Gasteiger partial charge in [0.2, 0.25) is 11.5 Å². The summed E-state index contributed by atoms with van der Waals surface area (Å²) in [6.07, 6.45) is -5.33. The summed E-state index contributed by atoms with van der Waals surface area (Å²) >= 11 is 0. The summed E-state index contributed by atoms with van der Waals surface area (Å²) in [5.41, 5.74) is 0.280. The zero-order chi connectivity index (χ0) is 29.0. The van der Waals surface area contributed by atoms with Crippen LogP contribution in [0, 0.1) is 5.82 Å². The van der Waals surface area contributed by atoms with Crippen LogP contribution >= 0.6 is 0 Å². The van der Waals surface area contributed by atoms with Crippen molar-refractivity contribution in [2.75, 3.05) is 13.2 Å². The molecule has 2 aromatic carbocycles. The minimum Gasteiger partial charge on any atom is -0.489 e. The molecule has 0 saturated carbocycles. The Labute approximate surface area is 223 Å². The molecule has 0 aliphatic carbocycles. The van der Waals surface area contributed by atoms with Gasteiger partial charge in [0.05, 0.1) is 17.8 Å². The predicted octanol–water partition coefficient (Wildman–Crippen LogP) is 2.48. The van der Waals surface area contributed by atoms with Crippen LogP contribution in [0.25, 0.3) is 22.3 Å². The fraction of sp³-hybridized carbons (Fsp3) is 0.269. The van der Waals surface area contributed by atoms with E-state index in [1.54, 1.807) is 7.05 Å². The molecule has 2 amide bonds. The first kappa shape index (κ1) is 27.0. The lowest BCUT2D eigenvalue weighted by Gasteiger charge is -2.31. The molecule has 1 unspecified atom stereocenters. The molecule has 10 nitrogen and oxygen atoms in total. The third kappa shape index (κ3) is 4.29. The zero-order valence-corrected chi connectivity index (χ0v) is 21.1. The smallest absolute Gasteiger partial charge is 0.424 e. The topological polar surface area (TPSA) is 145 Å². The number of carbonyl (C=O) groups is 2. The van der Waals surface area contributed by atoms with E-state index in [1.165, 1.54) is 41.9 Å². The lowest BCUT2D eigenvalue weighted by atomic mass is 9.81. The number of aromatic nitrogens is 4. The number of rotatable bonds is 6. The van der Waals surface area contributed by atoms with Crippen LogP contribution in [0.4, 0.5) is 17.6 Å². The zero-order valence-electron chi connectivity index (χ0n) is 21.1. The molecule has 4 N–H and O–H groups in total. The number of benzene rings is 2. The number of hydrogen-bond donors (Lipinski definition) is 3. The molecule has 2 aromatic heterocycles. The van der Waals surface area contributed by atoms with Gasteiger partial charge in [0.15, 0.2) is 0 Å². The van der Waals surface area contributed by atoms with Crippen LogP contribution in [0.3, 0.4) is 0 Å². The Balaban J connectivity index is 1.58. The molecule has 14 heteroatoms. The number of aryl methyl sites for hydroxylation is 1. The Morgan fingerprint density at radius 2 is 1.88 bits per heavy atom. The maximum absolute atomic E-state index is 14.5. The first-order valence-corrected chi connectivity index (χ1v) is 11.9. The molecule has 208 valence electrons. The van der Waals surface area contributed by atoms with Crippen molar-refractivity contribution in [3.8, 4) is 17.0 Å². The summed E-state index contributed by atoms with van der Waals surface area (Å²) in [6, 6.07) is 9.83. The second-order valence-corrected chi connectivity index (χ2v) is 9.68. The number of aliphatic hydroxyl groups is 1. The molecule has 4 aromatic rings. The summed E-state index contributed by atoms with van der Waals surface area (Å²) in [5, 5.41) is 20.9. The van der Waals surface area contributed by atoms with Crippen molar-refractivity contribution in [2.45, 2.75) is 24.1 Å². The Morgan fingerprint density at radius 3 is 2.52 bits per heavy atom. The van der Waals surface area contributed by atoms with Crippen molar-refractivity contribution < 1.29 is 37.0 Å². The van der Waals surface area contributed by atoms with E-state index in [0.29, 0.717) is 11.0 Å². The normalized spacial score (nSPS) is 18.2.